The van der Waals surface area contributed by atoms with E-state index in [1.165, 1.54) is 6.07 Å². The minimum absolute atomic E-state index is 0.166. The quantitative estimate of drug-likeness (QED) is 0.826. The first-order chi connectivity index (χ1) is 11.2. The second-order valence-corrected chi connectivity index (χ2v) is 8.21. The van der Waals surface area contributed by atoms with Gasteiger partial charge in [0.15, 0.2) is 0 Å². The van der Waals surface area contributed by atoms with Gasteiger partial charge in [-0.3, -0.25) is 0 Å². The van der Waals surface area contributed by atoms with E-state index in [2.05, 4.69) is 26.1 Å². The molecule has 0 saturated carbocycles. The molecular weight excluding hydrogens is 375 g/mol. The first-order valence-electron chi connectivity index (χ1n) is 8.38. The van der Waals surface area contributed by atoms with Crippen LogP contribution in [0.3, 0.4) is 0 Å². The molecule has 1 aromatic carbocycles. The van der Waals surface area contributed by atoms with Crippen LogP contribution in [-0.2, 0) is 11.2 Å². The number of hydrogen-bond donors (Lipinski definition) is 1. The van der Waals surface area contributed by atoms with Crippen LogP contribution < -0.4 is 5.32 Å². The van der Waals surface area contributed by atoms with Gasteiger partial charge in [0.2, 0.25) is 0 Å². The molecule has 0 bridgehead atoms. The van der Waals surface area contributed by atoms with Crippen molar-refractivity contribution in [2.75, 3.05) is 19.6 Å². The number of halogens is 2. The fourth-order valence-corrected chi connectivity index (χ4v) is 3.33. The van der Waals surface area contributed by atoms with E-state index in [9.17, 15) is 9.18 Å². The molecule has 1 amide bonds. The lowest BCUT2D eigenvalue weighted by Crippen LogP contribution is -2.46. The topological polar surface area (TPSA) is 41.6 Å². The normalized spacial score (nSPS) is 16.9. The van der Waals surface area contributed by atoms with Crippen molar-refractivity contribution in [2.24, 2.45) is 0 Å². The molecule has 0 radical (unpaired) electrons. The molecule has 0 spiro atoms. The number of piperidine rings is 1. The van der Waals surface area contributed by atoms with Crippen LogP contribution in [0.25, 0.3) is 0 Å². The van der Waals surface area contributed by atoms with Crippen molar-refractivity contribution < 1.29 is 13.9 Å². The minimum Gasteiger partial charge on any atom is -0.444 e. The van der Waals surface area contributed by atoms with Crippen LogP contribution in [0.1, 0.15) is 39.2 Å². The second-order valence-electron chi connectivity index (χ2n) is 7.29. The molecule has 2 rings (SSSR count). The predicted octanol–water partition coefficient (Wildman–Crippen LogP) is 4.12. The standard InChI is InChI=1S/C18H26BrFN2O2/c1-18(2,3)24-17(23)21-16-5-8-22(9-6-16)7-4-13-10-14(19)12-15(20)11-13/h10-12,16H,4-9H2,1-3H3,(H,21,23). The number of nitrogens with zero attached hydrogens (tertiary/aromatic N) is 1. The lowest BCUT2D eigenvalue weighted by atomic mass is 10.0. The van der Waals surface area contributed by atoms with Crippen LogP contribution in [0.2, 0.25) is 0 Å². The Bertz CT molecular complexity index is 546. The van der Waals surface area contributed by atoms with E-state index in [1.807, 2.05) is 26.8 Å². The number of carbonyl (C=O) groups is 1. The number of alkyl carbamates (subject to hydrolysis) is 1. The van der Waals surface area contributed by atoms with Gasteiger partial charge in [0.1, 0.15) is 11.4 Å². The first kappa shape index (κ1) is 19.2. The Kier molecular flexibility index (Phi) is 6.63. The molecule has 0 aliphatic carbocycles. The SMILES string of the molecule is CC(C)(C)OC(=O)NC1CCN(CCc2cc(F)cc(Br)c2)CC1. The van der Waals surface area contributed by atoms with Crippen molar-refractivity contribution in [3.63, 3.8) is 0 Å². The van der Waals surface area contributed by atoms with Crippen molar-refractivity contribution in [2.45, 2.75) is 51.7 Å². The Balaban J connectivity index is 1.72. The van der Waals surface area contributed by atoms with Gasteiger partial charge in [-0.15, -0.1) is 0 Å². The molecule has 1 aliphatic heterocycles. The number of likely N-dealkylation sites (tertiary alicyclic amines) is 1. The maximum absolute atomic E-state index is 13.4. The monoisotopic (exact) mass is 400 g/mol. The minimum atomic E-state index is -0.468. The average Bonchev–Trinajstić information content (AvgIpc) is 2.43. The van der Waals surface area contributed by atoms with Gasteiger partial charge in [-0.25, -0.2) is 9.18 Å². The summed E-state index contributed by atoms with van der Waals surface area (Å²) in [7, 11) is 0. The summed E-state index contributed by atoms with van der Waals surface area (Å²) in [6.07, 6.45) is 2.30. The summed E-state index contributed by atoms with van der Waals surface area (Å²) in [5.74, 6) is -0.209. The molecule has 0 aromatic heterocycles. The maximum Gasteiger partial charge on any atom is 0.407 e. The molecule has 24 heavy (non-hydrogen) atoms. The van der Waals surface area contributed by atoms with E-state index in [1.54, 1.807) is 6.07 Å². The highest BCUT2D eigenvalue weighted by atomic mass is 79.9. The number of nitrogens with one attached hydrogen (secondary N) is 1. The van der Waals surface area contributed by atoms with Crippen molar-refractivity contribution in [1.29, 1.82) is 0 Å². The number of rotatable bonds is 4. The van der Waals surface area contributed by atoms with Crippen LogP contribution in [0.15, 0.2) is 22.7 Å². The van der Waals surface area contributed by atoms with Crippen LogP contribution in [-0.4, -0.2) is 42.3 Å². The van der Waals surface area contributed by atoms with E-state index in [0.717, 1.165) is 48.9 Å². The molecule has 1 saturated heterocycles. The summed E-state index contributed by atoms with van der Waals surface area (Å²) in [6.45, 7) is 8.34. The molecule has 4 nitrogen and oxygen atoms in total. The lowest BCUT2D eigenvalue weighted by Gasteiger charge is -2.32. The fourth-order valence-electron chi connectivity index (χ4n) is 2.82. The number of hydrogen-bond acceptors (Lipinski definition) is 3. The summed E-state index contributed by atoms with van der Waals surface area (Å²) < 4.78 is 19.5. The smallest absolute Gasteiger partial charge is 0.407 e. The van der Waals surface area contributed by atoms with Gasteiger partial charge in [0, 0.05) is 30.1 Å². The van der Waals surface area contributed by atoms with Crippen molar-refractivity contribution in [1.82, 2.24) is 10.2 Å². The summed E-state index contributed by atoms with van der Waals surface area (Å²) >= 11 is 3.32. The molecule has 1 aliphatic rings. The van der Waals surface area contributed by atoms with Gasteiger partial charge in [-0.1, -0.05) is 15.9 Å². The molecule has 1 heterocycles. The van der Waals surface area contributed by atoms with Crippen molar-refractivity contribution in [3.8, 4) is 0 Å². The average molecular weight is 401 g/mol. The Morgan fingerprint density at radius 1 is 1.33 bits per heavy atom. The zero-order valence-electron chi connectivity index (χ0n) is 14.6. The van der Waals surface area contributed by atoms with Crippen LogP contribution >= 0.6 is 15.9 Å². The number of benzene rings is 1. The van der Waals surface area contributed by atoms with Gasteiger partial charge in [0.25, 0.3) is 0 Å². The fraction of sp³-hybridized carbons (Fsp3) is 0.611. The molecule has 1 fully saturated rings. The summed E-state index contributed by atoms with van der Waals surface area (Å²) in [6, 6.07) is 5.18. The molecular formula is C18H26BrFN2O2. The molecule has 134 valence electrons. The third-order valence-corrected chi connectivity index (χ3v) is 4.41. The van der Waals surface area contributed by atoms with E-state index < -0.39 is 5.60 Å². The van der Waals surface area contributed by atoms with Crippen LogP contribution in [0.4, 0.5) is 9.18 Å². The zero-order chi connectivity index (χ0) is 17.7. The van der Waals surface area contributed by atoms with Gasteiger partial charge < -0.3 is 15.0 Å². The Morgan fingerprint density at radius 2 is 2.00 bits per heavy atom. The lowest BCUT2D eigenvalue weighted by molar-refractivity contribution is 0.0479. The summed E-state index contributed by atoms with van der Waals surface area (Å²) in [5.41, 5.74) is 0.528. The second kappa shape index (κ2) is 8.30. The van der Waals surface area contributed by atoms with E-state index in [-0.39, 0.29) is 18.0 Å². The highest BCUT2D eigenvalue weighted by Crippen LogP contribution is 2.17. The van der Waals surface area contributed by atoms with E-state index >= 15 is 0 Å². The predicted molar refractivity (Wildman–Crippen MR) is 96.6 cm³/mol. The highest BCUT2D eigenvalue weighted by molar-refractivity contribution is 9.10. The largest absolute Gasteiger partial charge is 0.444 e. The maximum atomic E-state index is 13.4. The first-order valence-corrected chi connectivity index (χ1v) is 9.17. The Hall–Kier alpha value is -1.14. The van der Waals surface area contributed by atoms with E-state index in [4.69, 9.17) is 4.74 Å². The Labute approximate surface area is 151 Å². The third-order valence-electron chi connectivity index (χ3n) is 3.95. The van der Waals surface area contributed by atoms with Crippen LogP contribution in [0.5, 0.6) is 0 Å². The number of amides is 1. The van der Waals surface area contributed by atoms with Gasteiger partial charge >= 0.3 is 6.09 Å². The van der Waals surface area contributed by atoms with Crippen molar-refractivity contribution >= 4 is 22.0 Å². The molecule has 0 unspecified atom stereocenters. The van der Waals surface area contributed by atoms with Crippen LogP contribution in [0, 0.1) is 5.82 Å². The summed E-state index contributed by atoms with van der Waals surface area (Å²) in [4.78, 5) is 14.1. The van der Waals surface area contributed by atoms with Gasteiger partial charge in [0.05, 0.1) is 0 Å². The molecule has 6 heteroatoms. The third kappa shape index (κ3) is 6.77. The zero-order valence-corrected chi connectivity index (χ0v) is 16.2. The van der Waals surface area contributed by atoms with Gasteiger partial charge in [-0.05, 0) is 63.8 Å². The van der Waals surface area contributed by atoms with Gasteiger partial charge in [-0.2, -0.15) is 0 Å². The summed E-state index contributed by atoms with van der Waals surface area (Å²) in [5, 5.41) is 2.94. The Morgan fingerprint density at radius 3 is 2.58 bits per heavy atom. The number of ether oxygens (including phenoxy) is 1. The molecule has 1 aromatic rings. The van der Waals surface area contributed by atoms with E-state index in [0.29, 0.717) is 0 Å². The number of carbonyl (C=O) groups excluding carboxylic acids is 1. The molecule has 1 N–H and O–H groups in total. The highest BCUT2D eigenvalue weighted by Gasteiger charge is 2.23. The van der Waals surface area contributed by atoms with Crippen molar-refractivity contribution in [3.05, 3.63) is 34.1 Å². The molecule has 0 atom stereocenters.